The summed E-state index contributed by atoms with van der Waals surface area (Å²) in [6.45, 7) is 2.08. The van der Waals surface area contributed by atoms with Gasteiger partial charge in [0.05, 0.1) is 24.2 Å². The van der Waals surface area contributed by atoms with Gasteiger partial charge in [0.15, 0.2) is 11.5 Å². The first-order valence-electron chi connectivity index (χ1n) is 10.6. The summed E-state index contributed by atoms with van der Waals surface area (Å²) in [5.74, 6) is 2.29. The van der Waals surface area contributed by atoms with E-state index in [1.807, 2.05) is 6.07 Å². The predicted molar refractivity (Wildman–Crippen MR) is 100 cm³/mol. The van der Waals surface area contributed by atoms with E-state index in [2.05, 4.69) is 11.0 Å². The van der Waals surface area contributed by atoms with Crippen LogP contribution in [0.1, 0.15) is 49.7 Å². The average molecular weight is 371 g/mol. The summed E-state index contributed by atoms with van der Waals surface area (Å²) in [5.41, 5.74) is 1.08. The number of nitrogens with zero attached hydrogens (tertiary/aromatic N) is 1. The highest BCUT2D eigenvalue weighted by atomic mass is 16.5. The topological polar surface area (TPSA) is 62.2 Å². The Hall–Kier alpha value is -1.30. The lowest BCUT2D eigenvalue weighted by Crippen LogP contribution is -2.77. The minimum absolute atomic E-state index is 0.122. The van der Waals surface area contributed by atoms with Gasteiger partial charge in [-0.15, -0.1) is 0 Å². The molecule has 0 radical (unpaired) electrons. The molecule has 5 aliphatic rings. The molecule has 5 nitrogen and oxygen atoms in total. The lowest BCUT2D eigenvalue weighted by molar-refractivity contribution is -0.209. The fourth-order valence-corrected chi connectivity index (χ4v) is 6.98. The fraction of sp³-hybridized carbons (Fsp3) is 0.727. The minimum atomic E-state index is -0.830. The molecule has 1 aromatic carbocycles. The average Bonchev–Trinajstić information content (AvgIpc) is 2.98. The molecule has 3 fully saturated rings. The third kappa shape index (κ3) is 1.86. The second-order valence-electron chi connectivity index (χ2n) is 9.43. The quantitative estimate of drug-likeness (QED) is 0.851. The molecule has 1 saturated heterocycles. The van der Waals surface area contributed by atoms with Crippen molar-refractivity contribution in [1.82, 2.24) is 4.90 Å². The predicted octanol–water partition coefficient (Wildman–Crippen LogP) is 2.01. The molecule has 3 unspecified atom stereocenters. The number of rotatable bonds is 3. The van der Waals surface area contributed by atoms with Crippen LogP contribution in [0.2, 0.25) is 0 Å². The van der Waals surface area contributed by atoms with Gasteiger partial charge in [0, 0.05) is 18.2 Å². The van der Waals surface area contributed by atoms with Crippen molar-refractivity contribution in [1.29, 1.82) is 0 Å². The van der Waals surface area contributed by atoms with E-state index < -0.39 is 17.1 Å². The Balaban J connectivity index is 1.52. The zero-order valence-electron chi connectivity index (χ0n) is 16.0. The van der Waals surface area contributed by atoms with Gasteiger partial charge in [0.2, 0.25) is 0 Å². The minimum Gasteiger partial charge on any atom is -0.493 e. The van der Waals surface area contributed by atoms with Crippen LogP contribution in [0.4, 0.5) is 0 Å². The maximum atomic E-state index is 12.2. The van der Waals surface area contributed by atoms with E-state index in [0.29, 0.717) is 12.8 Å². The first-order chi connectivity index (χ1) is 13.1. The summed E-state index contributed by atoms with van der Waals surface area (Å²) in [7, 11) is 1.66. The highest BCUT2D eigenvalue weighted by Crippen LogP contribution is 2.65. The largest absolute Gasteiger partial charge is 0.493 e. The van der Waals surface area contributed by atoms with Gasteiger partial charge < -0.3 is 19.7 Å². The van der Waals surface area contributed by atoms with E-state index in [-0.39, 0.29) is 12.1 Å². The molecular weight excluding hydrogens is 342 g/mol. The molecule has 146 valence electrons. The van der Waals surface area contributed by atoms with Crippen LogP contribution in [-0.2, 0) is 11.8 Å². The molecule has 6 rings (SSSR count). The number of piperidine rings is 1. The molecule has 0 amide bonds. The Morgan fingerprint density at radius 2 is 2.11 bits per heavy atom. The summed E-state index contributed by atoms with van der Waals surface area (Å²) in [5, 5.41) is 23.0. The van der Waals surface area contributed by atoms with Crippen LogP contribution >= 0.6 is 0 Å². The number of hydrogen-bond donors (Lipinski definition) is 2. The first kappa shape index (κ1) is 16.6. The Labute approximate surface area is 160 Å². The number of ether oxygens (including phenoxy) is 2. The van der Waals surface area contributed by atoms with Gasteiger partial charge in [-0.05, 0) is 62.6 Å². The SMILES string of the molecule is COc1ccc2c3c1OC1C(O)CC[C@]4(O)C(C2)N(CC2CCC2)CC[C@@]314. The molecule has 2 saturated carbocycles. The Bertz CT molecular complexity index is 793. The number of likely N-dealkylation sites (tertiary alicyclic amines) is 1. The third-order valence-electron chi connectivity index (χ3n) is 8.46. The Kier molecular flexibility index (Phi) is 3.33. The highest BCUT2D eigenvalue weighted by molar-refractivity contribution is 5.62. The van der Waals surface area contributed by atoms with Gasteiger partial charge in [0.1, 0.15) is 6.10 Å². The van der Waals surface area contributed by atoms with Crippen molar-refractivity contribution in [3.8, 4) is 11.5 Å². The van der Waals surface area contributed by atoms with E-state index in [1.165, 1.54) is 24.8 Å². The normalized spacial score (nSPS) is 42.3. The van der Waals surface area contributed by atoms with Crippen molar-refractivity contribution in [2.24, 2.45) is 5.92 Å². The first-order valence-corrected chi connectivity index (χ1v) is 10.6. The number of aliphatic hydroxyl groups excluding tert-OH is 1. The smallest absolute Gasteiger partial charge is 0.166 e. The van der Waals surface area contributed by atoms with Crippen molar-refractivity contribution in [2.45, 2.75) is 74.2 Å². The maximum Gasteiger partial charge on any atom is 0.166 e. The van der Waals surface area contributed by atoms with Gasteiger partial charge in [-0.1, -0.05) is 12.5 Å². The molecule has 1 aromatic rings. The number of benzene rings is 1. The molecule has 5 atom stereocenters. The van der Waals surface area contributed by atoms with Gasteiger partial charge in [-0.2, -0.15) is 0 Å². The van der Waals surface area contributed by atoms with Crippen LogP contribution in [0.3, 0.4) is 0 Å². The van der Waals surface area contributed by atoms with E-state index >= 15 is 0 Å². The van der Waals surface area contributed by atoms with Crippen molar-refractivity contribution in [2.75, 3.05) is 20.2 Å². The molecule has 5 heteroatoms. The highest BCUT2D eigenvalue weighted by Gasteiger charge is 2.72. The summed E-state index contributed by atoms with van der Waals surface area (Å²) in [4.78, 5) is 2.56. The number of methoxy groups -OCH3 is 1. The number of hydrogen-bond acceptors (Lipinski definition) is 5. The van der Waals surface area contributed by atoms with Gasteiger partial charge in [0.25, 0.3) is 0 Å². The van der Waals surface area contributed by atoms with Crippen molar-refractivity contribution >= 4 is 0 Å². The lowest BCUT2D eigenvalue weighted by atomic mass is 9.48. The molecule has 27 heavy (non-hydrogen) atoms. The number of aliphatic hydroxyl groups is 2. The zero-order valence-corrected chi connectivity index (χ0v) is 16.0. The van der Waals surface area contributed by atoms with Gasteiger partial charge >= 0.3 is 0 Å². The standard InChI is InChI=1S/C22H29NO4/c1-26-16-6-5-14-11-17-22(25)8-7-15(24)20-21(22,18(14)19(16)27-20)9-10-23(17)12-13-3-2-4-13/h5-6,13,15,17,20,24-25H,2-4,7-12H2,1H3/t15?,17?,20?,21-,22+/m1/s1. The molecule has 3 aliphatic carbocycles. The Morgan fingerprint density at radius 3 is 2.85 bits per heavy atom. The monoisotopic (exact) mass is 371 g/mol. The van der Waals surface area contributed by atoms with Crippen molar-refractivity contribution < 1.29 is 19.7 Å². The summed E-state index contributed by atoms with van der Waals surface area (Å²) < 4.78 is 12.0. The summed E-state index contributed by atoms with van der Waals surface area (Å²) in [6.07, 6.45) is 6.07. The molecule has 1 spiro atoms. The third-order valence-corrected chi connectivity index (χ3v) is 8.46. The van der Waals surface area contributed by atoms with Gasteiger partial charge in [-0.3, -0.25) is 4.90 Å². The molecule has 2 bridgehead atoms. The molecule has 0 aromatic heterocycles. The van der Waals surface area contributed by atoms with E-state index in [0.717, 1.165) is 48.9 Å². The van der Waals surface area contributed by atoms with Gasteiger partial charge in [-0.25, -0.2) is 0 Å². The molecule has 2 heterocycles. The molecular formula is C22H29NO4. The van der Waals surface area contributed by atoms with E-state index in [4.69, 9.17) is 9.47 Å². The fourth-order valence-electron chi connectivity index (χ4n) is 6.98. The van der Waals surface area contributed by atoms with Crippen LogP contribution in [0, 0.1) is 5.92 Å². The van der Waals surface area contributed by atoms with Crippen LogP contribution in [-0.4, -0.2) is 59.2 Å². The lowest BCUT2D eigenvalue weighted by Gasteiger charge is -2.64. The van der Waals surface area contributed by atoms with Crippen molar-refractivity contribution in [3.05, 3.63) is 23.3 Å². The van der Waals surface area contributed by atoms with E-state index in [1.54, 1.807) is 7.11 Å². The maximum absolute atomic E-state index is 12.2. The van der Waals surface area contributed by atoms with Crippen LogP contribution in [0.15, 0.2) is 12.1 Å². The summed E-state index contributed by atoms with van der Waals surface area (Å²) >= 11 is 0. The second-order valence-corrected chi connectivity index (χ2v) is 9.43. The Morgan fingerprint density at radius 1 is 1.26 bits per heavy atom. The van der Waals surface area contributed by atoms with E-state index in [9.17, 15) is 10.2 Å². The van der Waals surface area contributed by atoms with Crippen molar-refractivity contribution in [3.63, 3.8) is 0 Å². The van der Waals surface area contributed by atoms with Crippen LogP contribution < -0.4 is 9.47 Å². The van der Waals surface area contributed by atoms with Crippen LogP contribution in [0.5, 0.6) is 11.5 Å². The van der Waals surface area contributed by atoms with Crippen LogP contribution in [0.25, 0.3) is 0 Å². The second kappa shape index (κ2) is 5.40. The molecule has 2 N–H and O–H groups in total. The molecule has 2 aliphatic heterocycles. The zero-order chi connectivity index (χ0) is 18.4. The summed E-state index contributed by atoms with van der Waals surface area (Å²) in [6, 6.07) is 4.27.